The SMILES string of the molecule is CCNC(=NCC(O)c1cc2ccccc2s1)NCC(O)c1ccc(Cl)cc1.I. The zero-order valence-electron chi connectivity index (χ0n) is 16.0. The molecule has 3 aromatic rings. The minimum atomic E-state index is -0.686. The van der Waals surface area contributed by atoms with E-state index >= 15 is 0 Å². The molecule has 0 saturated heterocycles. The van der Waals surface area contributed by atoms with Crippen molar-refractivity contribution >= 4 is 63.0 Å². The highest BCUT2D eigenvalue weighted by Crippen LogP contribution is 2.29. The number of aliphatic hydroxyl groups excluding tert-OH is 2. The predicted octanol–water partition coefficient (Wildman–Crippen LogP) is 4.49. The van der Waals surface area contributed by atoms with Crippen molar-refractivity contribution in [1.82, 2.24) is 10.6 Å². The van der Waals surface area contributed by atoms with Crippen LogP contribution in [0.1, 0.15) is 29.6 Å². The molecular formula is C21H25ClIN3O2S. The van der Waals surface area contributed by atoms with Crippen molar-refractivity contribution in [2.45, 2.75) is 19.1 Å². The van der Waals surface area contributed by atoms with Crippen LogP contribution in [0.15, 0.2) is 59.6 Å². The molecule has 0 aliphatic heterocycles. The van der Waals surface area contributed by atoms with Crippen LogP contribution in [0.5, 0.6) is 0 Å². The van der Waals surface area contributed by atoms with Crippen LogP contribution in [0.2, 0.25) is 5.02 Å². The van der Waals surface area contributed by atoms with E-state index in [-0.39, 0.29) is 30.5 Å². The van der Waals surface area contributed by atoms with Gasteiger partial charge < -0.3 is 20.8 Å². The molecule has 0 spiro atoms. The molecule has 2 atom stereocenters. The third kappa shape index (κ3) is 6.82. The molecule has 29 heavy (non-hydrogen) atoms. The molecule has 0 aliphatic rings. The number of hydrogen-bond acceptors (Lipinski definition) is 4. The Morgan fingerprint density at radius 2 is 1.79 bits per heavy atom. The van der Waals surface area contributed by atoms with E-state index in [1.54, 1.807) is 35.6 Å². The quantitative estimate of drug-likeness (QED) is 0.200. The fourth-order valence-electron chi connectivity index (χ4n) is 2.77. The van der Waals surface area contributed by atoms with Crippen LogP contribution in [-0.4, -0.2) is 35.8 Å². The third-order valence-corrected chi connectivity index (χ3v) is 5.73. The molecule has 3 rings (SSSR count). The molecule has 1 heterocycles. The Morgan fingerprint density at radius 3 is 2.48 bits per heavy atom. The van der Waals surface area contributed by atoms with Gasteiger partial charge in [0.05, 0.1) is 12.6 Å². The maximum absolute atomic E-state index is 10.5. The molecule has 0 radical (unpaired) electrons. The van der Waals surface area contributed by atoms with Crippen molar-refractivity contribution in [2.75, 3.05) is 19.6 Å². The standard InChI is InChI=1S/C21H24ClN3O2S.HI/c1-2-23-21(24-12-17(26)14-7-9-16(22)10-8-14)25-13-18(27)20-11-15-5-3-4-6-19(15)28-20;/h3-11,17-18,26-27H,2,12-13H2,1H3,(H2,23,24,25);1H. The maximum Gasteiger partial charge on any atom is 0.191 e. The van der Waals surface area contributed by atoms with Gasteiger partial charge in [-0.3, -0.25) is 4.99 Å². The Hall–Kier alpha value is -1.39. The van der Waals surface area contributed by atoms with Gasteiger partial charge in [0.1, 0.15) is 6.10 Å². The van der Waals surface area contributed by atoms with Gasteiger partial charge in [0.2, 0.25) is 0 Å². The lowest BCUT2D eigenvalue weighted by Crippen LogP contribution is -2.39. The summed E-state index contributed by atoms with van der Waals surface area (Å²) in [6.45, 7) is 3.18. The van der Waals surface area contributed by atoms with Crippen molar-refractivity contribution in [1.29, 1.82) is 0 Å². The number of nitrogens with zero attached hydrogens (tertiary/aromatic N) is 1. The number of hydrogen-bond donors (Lipinski definition) is 4. The number of aliphatic imine (C=N–C) groups is 1. The van der Waals surface area contributed by atoms with E-state index in [0.29, 0.717) is 24.1 Å². The highest BCUT2D eigenvalue weighted by molar-refractivity contribution is 14.0. The fourth-order valence-corrected chi connectivity index (χ4v) is 3.94. The Bertz CT molecular complexity index is 900. The smallest absolute Gasteiger partial charge is 0.191 e. The number of guanidine groups is 1. The first-order valence-corrected chi connectivity index (χ1v) is 10.4. The summed E-state index contributed by atoms with van der Waals surface area (Å²) in [6, 6.07) is 17.2. The molecule has 5 nitrogen and oxygen atoms in total. The summed E-state index contributed by atoms with van der Waals surface area (Å²) in [7, 11) is 0. The zero-order valence-corrected chi connectivity index (χ0v) is 19.9. The molecule has 0 bridgehead atoms. The highest BCUT2D eigenvalue weighted by atomic mass is 127. The van der Waals surface area contributed by atoms with E-state index in [9.17, 15) is 10.2 Å². The van der Waals surface area contributed by atoms with Crippen LogP contribution in [0.25, 0.3) is 10.1 Å². The molecule has 2 aromatic carbocycles. The molecule has 0 fully saturated rings. The Labute approximate surface area is 196 Å². The van der Waals surface area contributed by atoms with Gasteiger partial charge in [0, 0.05) is 27.7 Å². The van der Waals surface area contributed by atoms with E-state index in [0.717, 1.165) is 20.5 Å². The summed E-state index contributed by atoms with van der Waals surface area (Å²) in [5.74, 6) is 0.552. The molecule has 1 aromatic heterocycles. The van der Waals surface area contributed by atoms with E-state index in [1.807, 2.05) is 37.3 Å². The lowest BCUT2D eigenvalue weighted by atomic mass is 10.1. The molecule has 0 amide bonds. The first-order valence-electron chi connectivity index (χ1n) is 9.19. The summed E-state index contributed by atoms with van der Waals surface area (Å²) >= 11 is 7.46. The largest absolute Gasteiger partial charge is 0.387 e. The highest BCUT2D eigenvalue weighted by Gasteiger charge is 2.12. The predicted molar refractivity (Wildman–Crippen MR) is 133 cm³/mol. The second-order valence-electron chi connectivity index (χ2n) is 6.37. The number of halogens is 2. The summed E-state index contributed by atoms with van der Waals surface area (Å²) in [5.41, 5.74) is 0.776. The van der Waals surface area contributed by atoms with Gasteiger partial charge in [0.15, 0.2) is 5.96 Å². The number of thiophene rings is 1. The molecule has 8 heteroatoms. The Morgan fingerprint density at radius 1 is 1.07 bits per heavy atom. The van der Waals surface area contributed by atoms with Gasteiger partial charge in [-0.1, -0.05) is 41.9 Å². The maximum atomic E-state index is 10.5. The fraction of sp³-hybridized carbons (Fsp3) is 0.286. The second kappa shape index (κ2) is 11.7. The van der Waals surface area contributed by atoms with Crippen LogP contribution in [0, 0.1) is 0 Å². The first-order chi connectivity index (χ1) is 13.6. The van der Waals surface area contributed by atoms with Crippen LogP contribution in [-0.2, 0) is 0 Å². The van der Waals surface area contributed by atoms with Gasteiger partial charge in [0.25, 0.3) is 0 Å². The topological polar surface area (TPSA) is 76.9 Å². The Balaban J connectivity index is 0.00000300. The zero-order chi connectivity index (χ0) is 19.9. The van der Waals surface area contributed by atoms with Gasteiger partial charge in [-0.05, 0) is 42.1 Å². The van der Waals surface area contributed by atoms with Crippen LogP contribution in [0.3, 0.4) is 0 Å². The van der Waals surface area contributed by atoms with E-state index < -0.39 is 12.2 Å². The average Bonchev–Trinajstić information content (AvgIpc) is 3.14. The number of rotatable bonds is 7. The average molecular weight is 546 g/mol. The first kappa shape index (κ1) is 23.9. The van der Waals surface area contributed by atoms with Crippen molar-refractivity contribution in [2.24, 2.45) is 4.99 Å². The molecule has 2 unspecified atom stereocenters. The van der Waals surface area contributed by atoms with Crippen LogP contribution < -0.4 is 10.6 Å². The van der Waals surface area contributed by atoms with Gasteiger partial charge in [-0.2, -0.15) is 0 Å². The number of nitrogens with one attached hydrogen (secondary N) is 2. The lowest BCUT2D eigenvalue weighted by molar-refractivity contribution is 0.180. The lowest BCUT2D eigenvalue weighted by Gasteiger charge is -2.16. The molecule has 0 aliphatic carbocycles. The number of aliphatic hydroxyl groups is 2. The molecule has 4 N–H and O–H groups in total. The van der Waals surface area contributed by atoms with Crippen molar-refractivity contribution in [3.63, 3.8) is 0 Å². The second-order valence-corrected chi connectivity index (χ2v) is 7.92. The minimum Gasteiger partial charge on any atom is -0.387 e. The van der Waals surface area contributed by atoms with Crippen LogP contribution in [0.4, 0.5) is 0 Å². The normalized spacial score (nSPS) is 13.6. The summed E-state index contributed by atoms with van der Waals surface area (Å²) in [5, 5.41) is 28.8. The number of benzene rings is 2. The van der Waals surface area contributed by atoms with E-state index in [4.69, 9.17) is 11.6 Å². The van der Waals surface area contributed by atoms with Crippen molar-refractivity contribution < 1.29 is 10.2 Å². The van der Waals surface area contributed by atoms with E-state index in [2.05, 4.69) is 15.6 Å². The summed E-state index contributed by atoms with van der Waals surface area (Å²) in [6.07, 6.45) is -1.36. The summed E-state index contributed by atoms with van der Waals surface area (Å²) in [4.78, 5) is 5.35. The van der Waals surface area contributed by atoms with Gasteiger partial charge in [-0.15, -0.1) is 35.3 Å². The van der Waals surface area contributed by atoms with Gasteiger partial charge in [-0.25, -0.2) is 0 Å². The molecular weight excluding hydrogens is 521 g/mol. The van der Waals surface area contributed by atoms with Crippen LogP contribution >= 0.6 is 46.9 Å². The minimum absolute atomic E-state index is 0. The molecule has 156 valence electrons. The monoisotopic (exact) mass is 545 g/mol. The third-order valence-electron chi connectivity index (χ3n) is 4.26. The van der Waals surface area contributed by atoms with Crippen molar-refractivity contribution in [3.8, 4) is 0 Å². The molecule has 0 saturated carbocycles. The van der Waals surface area contributed by atoms with Gasteiger partial charge >= 0.3 is 0 Å². The Kier molecular flexibility index (Phi) is 9.64. The van der Waals surface area contributed by atoms with E-state index in [1.165, 1.54) is 0 Å². The number of fused-ring (bicyclic) bond motifs is 1. The van der Waals surface area contributed by atoms with Crippen molar-refractivity contribution in [3.05, 3.63) is 70.1 Å². The summed E-state index contributed by atoms with van der Waals surface area (Å²) < 4.78 is 1.15.